The van der Waals surface area contributed by atoms with Crippen molar-refractivity contribution < 1.29 is 14.6 Å². The number of likely N-dealkylation sites (tertiary alicyclic amines) is 1. The van der Waals surface area contributed by atoms with Crippen LogP contribution in [-0.4, -0.2) is 62.0 Å². The van der Waals surface area contributed by atoms with Crippen molar-refractivity contribution in [1.82, 2.24) is 10.2 Å². The van der Waals surface area contributed by atoms with E-state index in [1.165, 1.54) is 0 Å². The van der Waals surface area contributed by atoms with E-state index in [2.05, 4.69) is 15.2 Å². The van der Waals surface area contributed by atoms with Crippen LogP contribution in [0.15, 0.2) is 29.3 Å². The third kappa shape index (κ3) is 6.72. The molecule has 7 heteroatoms. The Bertz CT molecular complexity index is 514. The minimum atomic E-state index is -0.241. The largest absolute Gasteiger partial charge is 0.497 e. The van der Waals surface area contributed by atoms with Gasteiger partial charge in [0.2, 0.25) is 0 Å². The first-order valence-corrected chi connectivity index (χ1v) is 8.21. The van der Waals surface area contributed by atoms with Crippen molar-refractivity contribution in [3.8, 4) is 11.5 Å². The topological polar surface area (TPSA) is 66.3 Å². The van der Waals surface area contributed by atoms with Crippen LogP contribution in [0.2, 0.25) is 0 Å². The Morgan fingerprint density at radius 3 is 2.88 bits per heavy atom. The van der Waals surface area contributed by atoms with Gasteiger partial charge in [-0.3, -0.25) is 4.99 Å². The summed E-state index contributed by atoms with van der Waals surface area (Å²) >= 11 is 0. The highest BCUT2D eigenvalue weighted by Crippen LogP contribution is 2.18. The van der Waals surface area contributed by atoms with E-state index >= 15 is 0 Å². The SMILES string of the molecule is CCNC(=NCCCOc1cccc(OC)c1)N1CC[C@@H](O)C1.I. The van der Waals surface area contributed by atoms with Gasteiger partial charge in [0.25, 0.3) is 0 Å². The van der Waals surface area contributed by atoms with E-state index in [-0.39, 0.29) is 30.1 Å². The van der Waals surface area contributed by atoms with Crippen LogP contribution >= 0.6 is 24.0 Å². The fourth-order valence-electron chi connectivity index (χ4n) is 2.49. The Morgan fingerprint density at radius 1 is 1.42 bits per heavy atom. The van der Waals surface area contributed by atoms with E-state index in [1.807, 2.05) is 31.2 Å². The number of hydrogen-bond acceptors (Lipinski definition) is 4. The molecule has 1 aliphatic rings. The summed E-state index contributed by atoms with van der Waals surface area (Å²) < 4.78 is 10.9. The van der Waals surface area contributed by atoms with E-state index in [0.29, 0.717) is 19.7 Å². The number of rotatable bonds is 7. The Kier molecular flexibility index (Phi) is 9.85. The molecule has 0 amide bonds. The smallest absolute Gasteiger partial charge is 0.194 e. The van der Waals surface area contributed by atoms with Crippen LogP contribution in [-0.2, 0) is 0 Å². The van der Waals surface area contributed by atoms with Crippen molar-refractivity contribution in [3.63, 3.8) is 0 Å². The molecule has 1 aliphatic heterocycles. The summed E-state index contributed by atoms with van der Waals surface area (Å²) in [4.78, 5) is 6.72. The van der Waals surface area contributed by atoms with E-state index in [0.717, 1.165) is 43.4 Å². The molecular weight excluding hydrogens is 421 g/mol. The normalized spacial score (nSPS) is 17.4. The summed E-state index contributed by atoms with van der Waals surface area (Å²) in [5.74, 6) is 2.48. The zero-order valence-corrected chi connectivity index (χ0v) is 16.7. The van der Waals surface area contributed by atoms with Crippen molar-refractivity contribution in [2.75, 3.05) is 39.9 Å². The number of methoxy groups -OCH3 is 1. The minimum Gasteiger partial charge on any atom is -0.497 e. The van der Waals surface area contributed by atoms with E-state index in [4.69, 9.17) is 9.47 Å². The maximum Gasteiger partial charge on any atom is 0.194 e. The lowest BCUT2D eigenvalue weighted by Crippen LogP contribution is -2.40. The van der Waals surface area contributed by atoms with Gasteiger partial charge in [-0.1, -0.05) is 6.07 Å². The van der Waals surface area contributed by atoms with Crippen molar-refractivity contribution in [1.29, 1.82) is 0 Å². The third-order valence-electron chi connectivity index (χ3n) is 3.67. The lowest BCUT2D eigenvalue weighted by atomic mass is 10.3. The number of guanidine groups is 1. The number of β-amino-alcohol motifs (C(OH)–C–C–N with tert-alkyl or cyclic N) is 1. The van der Waals surface area contributed by atoms with Crippen molar-refractivity contribution in [2.45, 2.75) is 25.9 Å². The molecule has 0 saturated carbocycles. The molecule has 0 aromatic heterocycles. The fourth-order valence-corrected chi connectivity index (χ4v) is 2.49. The molecule has 0 radical (unpaired) electrons. The predicted octanol–water partition coefficient (Wildman–Crippen LogP) is 2.11. The lowest BCUT2D eigenvalue weighted by molar-refractivity contribution is 0.187. The molecule has 0 bridgehead atoms. The van der Waals surface area contributed by atoms with Gasteiger partial charge in [0, 0.05) is 38.7 Å². The average molecular weight is 449 g/mol. The van der Waals surface area contributed by atoms with Gasteiger partial charge in [-0.05, 0) is 25.5 Å². The minimum absolute atomic E-state index is 0. The number of aliphatic imine (C=N–C) groups is 1. The molecule has 2 N–H and O–H groups in total. The van der Waals surface area contributed by atoms with Crippen LogP contribution in [0.5, 0.6) is 11.5 Å². The van der Waals surface area contributed by atoms with E-state index < -0.39 is 0 Å². The molecule has 1 aromatic carbocycles. The van der Waals surface area contributed by atoms with Crippen LogP contribution in [0, 0.1) is 0 Å². The van der Waals surface area contributed by atoms with Gasteiger partial charge in [-0.25, -0.2) is 0 Å². The second kappa shape index (κ2) is 11.4. The number of nitrogens with zero attached hydrogens (tertiary/aromatic N) is 2. The first-order chi connectivity index (χ1) is 11.2. The van der Waals surface area contributed by atoms with Crippen molar-refractivity contribution in [3.05, 3.63) is 24.3 Å². The summed E-state index contributed by atoms with van der Waals surface area (Å²) in [6.45, 7) is 5.69. The predicted molar refractivity (Wildman–Crippen MR) is 107 cm³/mol. The molecule has 0 aliphatic carbocycles. The van der Waals surface area contributed by atoms with Crippen molar-refractivity contribution in [2.24, 2.45) is 4.99 Å². The Balaban J connectivity index is 0.00000288. The van der Waals surface area contributed by atoms with Gasteiger partial charge in [-0.15, -0.1) is 24.0 Å². The molecule has 1 heterocycles. The molecule has 2 rings (SSSR count). The second-order valence-corrected chi connectivity index (χ2v) is 5.51. The maximum absolute atomic E-state index is 9.64. The quantitative estimate of drug-likeness (QED) is 0.289. The molecule has 136 valence electrons. The van der Waals surface area contributed by atoms with Crippen LogP contribution in [0.1, 0.15) is 19.8 Å². The fraction of sp³-hybridized carbons (Fsp3) is 0.588. The number of nitrogens with one attached hydrogen (secondary N) is 1. The highest BCUT2D eigenvalue weighted by molar-refractivity contribution is 14.0. The van der Waals surface area contributed by atoms with Gasteiger partial charge >= 0.3 is 0 Å². The average Bonchev–Trinajstić information content (AvgIpc) is 3.00. The number of benzene rings is 1. The summed E-state index contributed by atoms with van der Waals surface area (Å²) in [7, 11) is 1.64. The van der Waals surface area contributed by atoms with Gasteiger partial charge in [0.05, 0.1) is 19.8 Å². The maximum atomic E-state index is 9.64. The molecule has 0 spiro atoms. The zero-order chi connectivity index (χ0) is 16.5. The van der Waals surface area contributed by atoms with Gasteiger partial charge in [0.1, 0.15) is 11.5 Å². The molecule has 24 heavy (non-hydrogen) atoms. The summed E-state index contributed by atoms with van der Waals surface area (Å²) in [6.07, 6.45) is 1.40. The van der Waals surface area contributed by atoms with Gasteiger partial charge in [-0.2, -0.15) is 0 Å². The summed E-state index contributed by atoms with van der Waals surface area (Å²) in [5.41, 5.74) is 0. The van der Waals surface area contributed by atoms with Crippen LogP contribution in [0.25, 0.3) is 0 Å². The summed E-state index contributed by atoms with van der Waals surface area (Å²) in [6, 6.07) is 7.60. The number of aliphatic hydroxyl groups excluding tert-OH is 1. The molecule has 1 atom stereocenters. The molecule has 1 saturated heterocycles. The Labute approximate surface area is 161 Å². The highest BCUT2D eigenvalue weighted by atomic mass is 127. The first kappa shape index (κ1) is 20.8. The van der Waals surface area contributed by atoms with E-state index in [1.54, 1.807) is 7.11 Å². The second-order valence-electron chi connectivity index (χ2n) is 5.51. The highest BCUT2D eigenvalue weighted by Gasteiger charge is 2.22. The number of ether oxygens (including phenoxy) is 2. The van der Waals surface area contributed by atoms with Crippen molar-refractivity contribution >= 4 is 29.9 Å². The van der Waals surface area contributed by atoms with Crippen LogP contribution in [0.4, 0.5) is 0 Å². The number of halogens is 1. The molecule has 1 aromatic rings. The Morgan fingerprint density at radius 2 is 2.21 bits per heavy atom. The zero-order valence-electron chi connectivity index (χ0n) is 14.4. The standard InChI is InChI=1S/C17H27N3O3.HI/c1-3-18-17(20-10-8-14(21)13-20)19-9-5-11-23-16-7-4-6-15(12-16)22-2;/h4,6-7,12,14,21H,3,5,8-11,13H2,1-2H3,(H,18,19);1H/t14-;/m1./s1. The van der Waals surface area contributed by atoms with E-state index in [9.17, 15) is 5.11 Å². The number of aliphatic hydroxyl groups is 1. The van der Waals surface area contributed by atoms with Crippen LogP contribution < -0.4 is 14.8 Å². The molecular formula is C17H28IN3O3. The van der Waals surface area contributed by atoms with Gasteiger partial charge in [0.15, 0.2) is 5.96 Å². The molecule has 6 nitrogen and oxygen atoms in total. The lowest BCUT2D eigenvalue weighted by Gasteiger charge is -2.20. The third-order valence-corrected chi connectivity index (χ3v) is 3.67. The number of hydrogen-bond donors (Lipinski definition) is 2. The van der Waals surface area contributed by atoms with Gasteiger partial charge < -0.3 is 24.8 Å². The molecule has 0 unspecified atom stereocenters. The first-order valence-electron chi connectivity index (χ1n) is 8.21. The summed E-state index contributed by atoms with van der Waals surface area (Å²) in [5, 5.41) is 12.9. The monoisotopic (exact) mass is 449 g/mol. The molecule has 1 fully saturated rings. The Hall–Kier alpha value is -1.22. The van der Waals surface area contributed by atoms with Crippen LogP contribution in [0.3, 0.4) is 0 Å².